The number of nitrogens with zero attached hydrogens (tertiary/aromatic N) is 1. The average molecular weight is 642 g/mol. The molecule has 2 heteroatoms. The fraction of sp³-hybridized carbons (Fsp3) is 0. The molecule has 1 heterocycles. The Bertz CT molecular complexity index is 3110. The van der Waals surface area contributed by atoms with Gasteiger partial charge in [0, 0.05) is 22.1 Å². The number of rotatable bonds is 5. The van der Waals surface area contributed by atoms with Crippen molar-refractivity contribution in [1.82, 2.24) is 0 Å². The molecule has 0 aliphatic rings. The predicted octanol–water partition coefficient (Wildman–Crippen LogP) is 13.8. The van der Waals surface area contributed by atoms with Gasteiger partial charge in [-0.3, -0.25) is 0 Å². The molecule has 0 atom stereocenters. The van der Waals surface area contributed by atoms with Gasteiger partial charge in [0.25, 0.3) is 0 Å². The monoisotopic (exact) mass is 641 g/mol. The van der Waals surface area contributed by atoms with Crippen LogP contribution >= 0.6 is 0 Å². The van der Waals surface area contributed by atoms with Gasteiger partial charge < -0.3 is 9.32 Å². The summed E-state index contributed by atoms with van der Waals surface area (Å²) in [4.78, 5) is 1.91. The molecule has 0 bridgehead atoms. The zero-order valence-corrected chi connectivity index (χ0v) is 26.9. The Morgan fingerprint density at radius 1 is 0.440 bits per heavy atom. The van der Waals surface area contributed by atoms with Crippen LogP contribution in [-0.2, 0) is 0 Å². The minimum atomic E-state index is -0.239. The van der Waals surface area contributed by atoms with Crippen LogP contribution in [0.15, 0.2) is 192 Å². The van der Waals surface area contributed by atoms with E-state index >= 15 is 0 Å². The lowest BCUT2D eigenvalue weighted by atomic mass is 9.99. The van der Waals surface area contributed by atoms with E-state index in [0.717, 1.165) is 54.4 Å². The van der Waals surface area contributed by atoms with Crippen LogP contribution in [-0.4, -0.2) is 0 Å². The Balaban J connectivity index is 1.24. The summed E-state index contributed by atoms with van der Waals surface area (Å²) in [7, 11) is 0. The van der Waals surface area contributed by atoms with Gasteiger partial charge in [0.05, 0.1) is 16.6 Å². The van der Waals surface area contributed by atoms with Gasteiger partial charge in [-0.2, -0.15) is 0 Å². The van der Waals surface area contributed by atoms with E-state index in [1.165, 1.54) is 5.39 Å². The first-order chi connectivity index (χ1) is 26.4. The third-order valence-electron chi connectivity index (χ3n) is 9.69. The zero-order chi connectivity index (χ0) is 36.5. The SMILES string of the molecule is [2H]c1c([2H])c(-c2ccc3ccccc3c2)c([2H])c(N(c2ccc(-c3ccc4ccccc4c3)cc2)c2cccc3oc4c5ccccc5ccc4c23)c1[2H]. The molecule has 0 aliphatic carbocycles. The summed E-state index contributed by atoms with van der Waals surface area (Å²) in [5, 5.41) is 8.16. The second-order valence-corrected chi connectivity index (χ2v) is 12.6. The molecule has 1 aromatic heterocycles. The molecule has 0 radical (unpaired) electrons. The summed E-state index contributed by atoms with van der Waals surface area (Å²) < 4.78 is 44.0. The Morgan fingerprint density at radius 2 is 1.06 bits per heavy atom. The highest BCUT2D eigenvalue weighted by Crippen LogP contribution is 2.45. The molecule has 0 fully saturated rings. The van der Waals surface area contributed by atoms with Crippen LogP contribution < -0.4 is 4.90 Å². The highest BCUT2D eigenvalue weighted by molar-refractivity contribution is 6.19. The van der Waals surface area contributed by atoms with Crippen LogP contribution in [0.2, 0.25) is 0 Å². The van der Waals surface area contributed by atoms with Crippen molar-refractivity contribution in [3.8, 4) is 22.3 Å². The lowest BCUT2D eigenvalue weighted by Crippen LogP contribution is -2.10. The van der Waals surface area contributed by atoms with Gasteiger partial charge in [-0.05, 0) is 104 Å². The Hall–Kier alpha value is -6.64. The largest absolute Gasteiger partial charge is 0.455 e. The van der Waals surface area contributed by atoms with E-state index in [0.29, 0.717) is 28.1 Å². The standard InChI is InChI=1S/C48H31NO/c1-3-12-36-29-39(21-19-32(36)9-1)34-23-26-41(27-24-34)49(42-15-7-14-38(31-42)40-22-20-33-10-2-4-13-37(33)30-40)45-17-8-18-46-47(45)44-28-25-35-11-5-6-16-43(35)48(44)50-46/h1-31H/i7D,14D,15D,31D. The highest BCUT2D eigenvalue weighted by Gasteiger charge is 2.21. The maximum Gasteiger partial charge on any atom is 0.143 e. The molecule has 9 aromatic carbocycles. The predicted molar refractivity (Wildman–Crippen MR) is 212 cm³/mol. The average Bonchev–Trinajstić information content (AvgIpc) is 3.61. The molecule has 0 N–H and O–H groups in total. The lowest BCUT2D eigenvalue weighted by Gasteiger charge is -2.27. The van der Waals surface area contributed by atoms with Crippen LogP contribution in [0.5, 0.6) is 0 Å². The van der Waals surface area contributed by atoms with Crippen molar-refractivity contribution in [3.05, 3.63) is 188 Å². The minimum Gasteiger partial charge on any atom is -0.455 e. The van der Waals surface area contributed by atoms with Crippen molar-refractivity contribution >= 4 is 71.3 Å². The zero-order valence-electron chi connectivity index (χ0n) is 30.9. The summed E-state index contributed by atoms with van der Waals surface area (Å²) in [6.07, 6.45) is 0. The molecule has 0 spiro atoms. The number of anilines is 3. The van der Waals surface area contributed by atoms with Crippen LogP contribution in [0.1, 0.15) is 5.48 Å². The highest BCUT2D eigenvalue weighted by atomic mass is 16.3. The number of hydrogen-bond donors (Lipinski definition) is 0. The molecule has 50 heavy (non-hydrogen) atoms. The quantitative estimate of drug-likeness (QED) is 0.186. The lowest BCUT2D eigenvalue weighted by molar-refractivity contribution is 0.672. The summed E-state index contributed by atoms with van der Waals surface area (Å²) in [6.45, 7) is 0. The van der Waals surface area contributed by atoms with E-state index < -0.39 is 0 Å². The topological polar surface area (TPSA) is 16.4 Å². The van der Waals surface area contributed by atoms with Crippen LogP contribution in [0.25, 0.3) is 76.5 Å². The van der Waals surface area contributed by atoms with Gasteiger partial charge in [-0.25, -0.2) is 0 Å². The Kier molecular flexibility index (Phi) is 5.64. The fourth-order valence-electron chi connectivity index (χ4n) is 7.22. The summed E-state index contributed by atoms with van der Waals surface area (Å²) in [6, 6.07) is 54.3. The van der Waals surface area contributed by atoms with Crippen molar-refractivity contribution in [2.24, 2.45) is 0 Å². The Morgan fingerprint density at radius 3 is 1.80 bits per heavy atom. The van der Waals surface area contributed by atoms with Crippen LogP contribution in [0.3, 0.4) is 0 Å². The molecule has 0 aliphatic heterocycles. The number of hydrogen-bond acceptors (Lipinski definition) is 2. The fourth-order valence-corrected chi connectivity index (χ4v) is 7.22. The van der Waals surface area contributed by atoms with E-state index in [-0.39, 0.29) is 29.9 Å². The van der Waals surface area contributed by atoms with Gasteiger partial charge in [-0.1, -0.05) is 133 Å². The smallest absolute Gasteiger partial charge is 0.143 e. The third-order valence-corrected chi connectivity index (χ3v) is 9.69. The molecular formula is C48H31NO. The summed E-state index contributed by atoms with van der Waals surface area (Å²) in [5.41, 5.74) is 6.16. The molecule has 234 valence electrons. The van der Waals surface area contributed by atoms with Crippen LogP contribution in [0, 0.1) is 0 Å². The van der Waals surface area contributed by atoms with Crippen molar-refractivity contribution in [3.63, 3.8) is 0 Å². The van der Waals surface area contributed by atoms with E-state index in [4.69, 9.17) is 7.16 Å². The molecular weight excluding hydrogens is 607 g/mol. The van der Waals surface area contributed by atoms with E-state index in [2.05, 4.69) is 66.7 Å². The van der Waals surface area contributed by atoms with Gasteiger partial charge in [0.15, 0.2) is 0 Å². The normalized spacial score (nSPS) is 12.7. The molecule has 0 unspecified atom stereocenters. The molecule has 10 rings (SSSR count). The summed E-state index contributed by atoms with van der Waals surface area (Å²) in [5.74, 6) is 0. The minimum absolute atomic E-state index is 0.00476. The first-order valence-corrected chi connectivity index (χ1v) is 16.8. The Labute approximate surface area is 295 Å². The van der Waals surface area contributed by atoms with Gasteiger partial charge >= 0.3 is 0 Å². The van der Waals surface area contributed by atoms with Gasteiger partial charge in [0.2, 0.25) is 0 Å². The maximum atomic E-state index is 9.81. The van der Waals surface area contributed by atoms with Gasteiger partial charge in [0.1, 0.15) is 11.2 Å². The van der Waals surface area contributed by atoms with E-state index in [1.54, 1.807) is 0 Å². The van der Waals surface area contributed by atoms with E-state index in [9.17, 15) is 2.74 Å². The van der Waals surface area contributed by atoms with Crippen molar-refractivity contribution < 1.29 is 9.90 Å². The van der Waals surface area contributed by atoms with E-state index in [1.807, 2.05) is 102 Å². The number of furan rings is 1. The molecule has 2 nitrogen and oxygen atoms in total. The molecule has 10 aromatic rings. The molecule has 0 saturated heterocycles. The van der Waals surface area contributed by atoms with Crippen molar-refractivity contribution in [1.29, 1.82) is 0 Å². The second-order valence-electron chi connectivity index (χ2n) is 12.6. The number of benzene rings is 9. The first kappa shape index (κ1) is 24.5. The van der Waals surface area contributed by atoms with Gasteiger partial charge in [-0.15, -0.1) is 0 Å². The van der Waals surface area contributed by atoms with Crippen molar-refractivity contribution in [2.75, 3.05) is 4.90 Å². The first-order valence-electron chi connectivity index (χ1n) is 18.8. The second kappa shape index (κ2) is 11.5. The third kappa shape index (κ3) is 4.73. The maximum absolute atomic E-state index is 9.81. The van der Waals surface area contributed by atoms with Crippen LogP contribution in [0.4, 0.5) is 17.1 Å². The molecule has 0 saturated carbocycles. The number of fused-ring (bicyclic) bond motifs is 7. The van der Waals surface area contributed by atoms with Crippen molar-refractivity contribution in [2.45, 2.75) is 0 Å². The molecule has 0 amide bonds. The summed E-state index contributed by atoms with van der Waals surface area (Å²) >= 11 is 0.